The Balaban J connectivity index is 1.28. The Hall–Kier alpha value is -4.05. The maximum atomic E-state index is 13.8. The van der Waals surface area contributed by atoms with Gasteiger partial charge in [0.25, 0.3) is 0 Å². The lowest BCUT2D eigenvalue weighted by Crippen LogP contribution is -2.42. The number of hydrogen-bond donors (Lipinski definition) is 3. The lowest BCUT2D eigenvalue weighted by atomic mass is 9.97. The zero-order valence-electron chi connectivity index (χ0n) is 20.4. The number of ether oxygens (including phenoxy) is 1. The number of benzene rings is 1. The molecule has 3 aromatic rings. The van der Waals surface area contributed by atoms with Crippen LogP contribution in [-0.2, 0) is 9.53 Å². The number of aromatic nitrogens is 3. The van der Waals surface area contributed by atoms with Gasteiger partial charge in [0.05, 0.1) is 42.8 Å². The molecule has 192 valence electrons. The van der Waals surface area contributed by atoms with Gasteiger partial charge in [-0.1, -0.05) is 18.2 Å². The largest absolute Gasteiger partial charge is 0.377 e. The average Bonchev–Trinajstić information content (AvgIpc) is 3.41. The van der Waals surface area contributed by atoms with Gasteiger partial charge < -0.3 is 25.3 Å². The minimum Gasteiger partial charge on any atom is -0.377 e. The standard InChI is InChI=1S/C27H30FN7O2/c28-20-6-1-4-18(14-20)23-17-37-13-12-35(23)24(29)9-10-25-31-15-22(32-25)21-7-2-8-26(33-21)34-11-3-5-19(16-34)27(30)36/h1-2,4,6-10,14-15,19,23,29H,3,5,11-13,16-17H2,(H2,30,36)(H,31,32). The number of amides is 1. The first-order chi connectivity index (χ1) is 18.0. The van der Waals surface area contributed by atoms with Crippen LogP contribution in [0, 0.1) is 17.1 Å². The molecule has 2 unspecified atom stereocenters. The Morgan fingerprint density at radius 1 is 1.24 bits per heavy atom. The fourth-order valence-corrected chi connectivity index (χ4v) is 4.85. The van der Waals surface area contributed by atoms with E-state index < -0.39 is 0 Å². The Morgan fingerprint density at radius 3 is 2.95 bits per heavy atom. The number of aromatic amines is 1. The van der Waals surface area contributed by atoms with Gasteiger partial charge in [0.1, 0.15) is 23.3 Å². The van der Waals surface area contributed by atoms with Crippen LogP contribution in [0.25, 0.3) is 17.5 Å². The number of pyridine rings is 1. The molecule has 0 aliphatic carbocycles. The molecule has 4 heterocycles. The number of imidazole rings is 1. The normalized spacial score (nSPS) is 20.4. The van der Waals surface area contributed by atoms with Crippen molar-refractivity contribution in [2.75, 3.05) is 37.7 Å². The van der Waals surface area contributed by atoms with Gasteiger partial charge in [-0.05, 0) is 54.8 Å². The van der Waals surface area contributed by atoms with E-state index in [0.29, 0.717) is 38.0 Å². The van der Waals surface area contributed by atoms with E-state index in [2.05, 4.69) is 14.9 Å². The molecule has 1 aromatic carbocycles. The van der Waals surface area contributed by atoms with Gasteiger partial charge in [-0.25, -0.2) is 14.4 Å². The van der Waals surface area contributed by atoms with Crippen LogP contribution in [0.15, 0.2) is 54.7 Å². The number of morpholine rings is 1. The number of H-pyrrole nitrogens is 1. The summed E-state index contributed by atoms with van der Waals surface area (Å²) in [6.07, 6.45) is 6.84. The lowest BCUT2D eigenvalue weighted by molar-refractivity contribution is -0.122. The molecule has 2 fully saturated rings. The van der Waals surface area contributed by atoms with E-state index in [1.54, 1.807) is 24.4 Å². The van der Waals surface area contributed by atoms with Crippen molar-refractivity contribution in [3.8, 4) is 11.4 Å². The van der Waals surface area contributed by atoms with Crippen molar-refractivity contribution in [3.05, 3.63) is 71.9 Å². The van der Waals surface area contributed by atoms with Crippen molar-refractivity contribution in [3.63, 3.8) is 0 Å². The summed E-state index contributed by atoms with van der Waals surface area (Å²) in [5.41, 5.74) is 7.79. The van der Waals surface area contributed by atoms with E-state index >= 15 is 0 Å². The quantitative estimate of drug-likeness (QED) is 0.350. The third-order valence-corrected chi connectivity index (χ3v) is 6.82. The first-order valence-corrected chi connectivity index (χ1v) is 12.4. The number of carbonyl (C=O) groups excluding carboxylic acids is 1. The second-order valence-corrected chi connectivity index (χ2v) is 9.31. The minimum absolute atomic E-state index is 0.162. The summed E-state index contributed by atoms with van der Waals surface area (Å²) in [6.45, 7) is 2.84. The number of amidine groups is 1. The molecule has 2 aliphatic rings. The molecule has 10 heteroatoms. The second kappa shape index (κ2) is 10.9. The van der Waals surface area contributed by atoms with Crippen LogP contribution in [0.2, 0.25) is 0 Å². The smallest absolute Gasteiger partial charge is 0.222 e. The predicted octanol–water partition coefficient (Wildman–Crippen LogP) is 3.38. The number of rotatable bonds is 6. The molecular formula is C27H30FN7O2. The van der Waals surface area contributed by atoms with E-state index in [1.165, 1.54) is 12.1 Å². The van der Waals surface area contributed by atoms with Crippen molar-refractivity contribution >= 4 is 23.6 Å². The molecule has 2 atom stereocenters. The van der Waals surface area contributed by atoms with Crippen molar-refractivity contribution in [1.29, 1.82) is 5.41 Å². The van der Waals surface area contributed by atoms with Crippen LogP contribution in [0.5, 0.6) is 0 Å². The summed E-state index contributed by atoms with van der Waals surface area (Å²) in [7, 11) is 0. The van der Waals surface area contributed by atoms with E-state index in [1.807, 2.05) is 29.2 Å². The Kier molecular flexibility index (Phi) is 7.27. The predicted molar refractivity (Wildman–Crippen MR) is 139 cm³/mol. The first-order valence-electron chi connectivity index (χ1n) is 12.4. The highest BCUT2D eigenvalue weighted by Crippen LogP contribution is 2.26. The molecule has 2 saturated heterocycles. The van der Waals surface area contributed by atoms with Gasteiger partial charge in [0.15, 0.2) is 0 Å². The van der Waals surface area contributed by atoms with Crippen molar-refractivity contribution in [2.45, 2.75) is 18.9 Å². The van der Waals surface area contributed by atoms with Crippen LogP contribution < -0.4 is 10.6 Å². The molecule has 2 aliphatic heterocycles. The molecule has 9 nitrogen and oxygen atoms in total. The van der Waals surface area contributed by atoms with Crippen LogP contribution >= 0.6 is 0 Å². The SMILES string of the molecule is N=C(C=Cc1ncc(-c2cccc(N3CCCC(C(N)=O)C3)n2)[nH]1)N1CCOCC1c1cccc(F)c1. The summed E-state index contributed by atoms with van der Waals surface area (Å²) >= 11 is 0. The van der Waals surface area contributed by atoms with Crippen LogP contribution in [0.4, 0.5) is 10.2 Å². The topological polar surface area (TPSA) is 124 Å². The maximum absolute atomic E-state index is 13.8. The molecule has 1 amide bonds. The fraction of sp³-hybridized carbons (Fsp3) is 0.333. The van der Waals surface area contributed by atoms with E-state index in [4.69, 9.17) is 20.9 Å². The number of piperidine rings is 1. The molecule has 5 rings (SSSR count). The maximum Gasteiger partial charge on any atom is 0.222 e. The highest BCUT2D eigenvalue weighted by molar-refractivity contribution is 5.94. The number of hydrogen-bond acceptors (Lipinski definition) is 6. The van der Waals surface area contributed by atoms with Crippen molar-refractivity contribution in [1.82, 2.24) is 19.9 Å². The zero-order chi connectivity index (χ0) is 25.8. The molecule has 0 bridgehead atoms. The fourth-order valence-electron chi connectivity index (χ4n) is 4.85. The minimum atomic E-state index is -0.307. The monoisotopic (exact) mass is 503 g/mol. The third-order valence-electron chi connectivity index (χ3n) is 6.82. The molecular weight excluding hydrogens is 473 g/mol. The highest BCUT2D eigenvalue weighted by atomic mass is 19.1. The summed E-state index contributed by atoms with van der Waals surface area (Å²) in [5.74, 6) is 0.951. The third kappa shape index (κ3) is 5.69. The van der Waals surface area contributed by atoms with Gasteiger partial charge in [0.2, 0.25) is 5.91 Å². The first kappa shape index (κ1) is 24.6. The van der Waals surface area contributed by atoms with Gasteiger partial charge in [-0.2, -0.15) is 0 Å². The summed E-state index contributed by atoms with van der Waals surface area (Å²) in [6, 6.07) is 12.0. The Labute approximate surface area is 214 Å². The molecule has 4 N–H and O–H groups in total. The van der Waals surface area contributed by atoms with Crippen LogP contribution in [-0.4, -0.2) is 64.4 Å². The number of halogens is 1. The molecule has 0 radical (unpaired) electrons. The number of nitrogens with one attached hydrogen (secondary N) is 2. The molecule has 0 spiro atoms. The molecule has 37 heavy (non-hydrogen) atoms. The van der Waals surface area contributed by atoms with E-state index in [9.17, 15) is 9.18 Å². The second-order valence-electron chi connectivity index (χ2n) is 9.31. The Morgan fingerprint density at radius 2 is 2.11 bits per heavy atom. The molecule has 2 aromatic heterocycles. The van der Waals surface area contributed by atoms with Crippen molar-refractivity contribution < 1.29 is 13.9 Å². The van der Waals surface area contributed by atoms with Gasteiger partial charge in [-0.15, -0.1) is 0 Å². The Bertz CT molecular complexity index is 1310. The summed E-state index contributed by atoms with van der Waals surface area (Å²) in [5, 5.41) is 8.62. The van der Waals surface area contributed by atoms with E-state index in [-0.39, 0.29) is 23.7 Å². The zero-order valence-corrected chi connectivity index (χ0v) is 20.4. The van der Waals surface area contributed by atoms with Gasteiger partial charge in [-0.3, -0.25) is 10.2 Å². The van der Waals surface area contributed by atoms with Gasteiger partial charge >= 0.3 is 0 Å². The van der Waals surface area contributed by atoms with Crippen LogP contribution in [0.1, 0.15) is 30.3 Å². The number of anilines is 1. The average molecular weight is 504 g/mol. The molecule has 0 saturated carbocycles. The number of primary amides is 1. The van der Waals surface area contributed by atoms with Crippen molar-refractivity contribution in [2.24, 2.45) is 11.7 Å². The summed E-state index contributed by atoms with van der Waals surface area (Å²) < 4.78 is 19.4. The number of nitrogens with zero attached hydrogens (tertiary/aromatic N) is 4. The van der Waals surface area contributed by atoms with Gasteiger partial charge in [0, 0.05) is 19.6 Å². The summed E-state index contributed by atoms with van der Waals surface area (Å²) in [4.78, 5) is 28.1. The lowest BCUT2D eigenvalue weighted by Gasteiger charge is -2.36. The highest BCUT2D eigenvalue weighted by Gasteiger charge is 2.26. The van der Waals surface area contributed by atoms with E-state index in [0.717, 1.165) is 42.2 Å². The number of carbonyl (C=O) groups is 1. The number of nitrogens with two attached hydrogens (primary N) is 1. The van der Waals surface area contributed by atoms with Crippen LogP contribution in [0.3, 0.4) is 0 Å².